The molecule has 7 nitrogen and oxygen atoms in total. The van der Waals surface area contributed by atoms with Gasteiger partial charge < -0.3 is 15.2 Å². The van der Waals surface area contributed by atoms with Crippen molar-refractivity contribution in [3.8, 4) is 22.8 Å². The molecule has 0 fully saturated rings. The number of methoxy groups -OCH3 is 1. The molecule has 0 aliphatic heterocycles. The Bertz CT molecular complexity index is 910. The maximum absolute atomic E-state index is 11.4. The summed E-state index contributed by atoms with van der Waals surface area (Å²) in [5.74, 6) is 0.436. The zero-order valence-corrected chi connectivity index (χ0v) is 14.9. The van der Waals surface area contributed by atoms with Crippen LogP contribution in [-0.2, 0) is 6.61 Å². The third-order valence-corrected chi connectivity index (χ3v) is 4.33. The molecule has 1 amide bonds. The molecule has 1 heterocycles. The zero-order valence-electron chi connectivity index (χ0n) is 13.3. The summed E-state index contributed by atoms with van der Waals surface area (Å²) in [5.41, 5.74) is 7.40. The fourth-order valence-corrected chi connectivity index (χ4v) is 2.71. The normalized spacial score (nSPS) is 10.5. The Morgan fingerprint density at radius 1 is 1.20 bits per heavy atom. The first-order valence-electron chi connectivity index (χ1n) is 7.35. The quantitative estimate of drug-likeness (QED) is 0.659. The third-order valence-electron chi connectivity index (χ3n) is 3.56. The van der Waals surface area contributed by atoms with Crippen molar-refractivity contribution >= 4 is 21.8 Å². The summed E-state index contributed by atoms with van der Waals surface area (Å²) in [5, 5.41) is 10.2. The van der Waals surface area contributed by atoms with E-state index in [1.807, 2.05) is 24.3 Å². The molecular weight excluding hydrogens is 388 g/mol. The number of carbonyl (C=O) groups is 1. The van der Waals surface area contributed by atoms with Gasteiger partial charge in [-0.3, -0.25) is 4.79 Å². The van der Waals surface area contributed by atoms with Crippen molar-refractivity contribution in [3.05, 3.63) is 58.2 Å². The molecule has 0 unspecified atom stereocenters. The zero-order chi connectivity index (χ0) is 17.8. The first-order valence-corrected chi connectivity index (χ1v) is 8.14. The van der Waals surface area contributed by atoms with E-state index in [2.05, 4.69) is 31.3 Å². The number of aromatic amines is 1. The van der Waals surface area contributed by atoms with Crippen molar-refractivity contribution in [2.45, 2.75) is 6.61 Å². The van der Waals surface area contributed by atoms with Crippen LogP contribution in [0.4, 0.5) is 0 Å². The molecule has 0 aliphatic carbocycles. The highest BCUT2D eigenvalue weighted by Crippen LogP contribution is 2.33. The SMILES string of the molecule is COc1cc(-c2n[nH]nc2C(N)=O)ccc1OCc1ccccc1Br. The average Bonchev–Trinajstić information content (AvgIpc) is 3.11. The van der Waals surface area contributed by atoms with Crippen LogP contribution in [0, 0.1) is 0 Å². The standard InChI is InChI=1S/C17H15BrN4O3/c1-24-14-8-10(15-16(17(19)23)21-22-20-15)6-7-13(14)25-9-11-4-2-3-5-12(11)18/h2-8H,9H2,1H3,(H2,19,23)(H,20,21,22). The predicted molar refractivity (Wildman–Crippen MR) is 95.4 cm³/mol. The van der Waals surface area contributed by atoms with Crippen molar-refractivity contribution in [1.82, 2.24) is 15.4 Å². The van der Waals surface area contributed by atoms with Crippen molar-refractivity contribution in [2.75, 3.05) is 7.11 Å². The molecule has 0 saturated carbocycles. The Labute approximate surface area is 152 Å². The largest absolute Gasteiger partial charge is 0.493 e. The van der Waals surface area contributed by atoms with Crippen LogP contribution in [0.5, 0.6) is 11.5 Å². The Kier molecular flexibility index (Phi) is 4.99. The maximum atomic E-state index is 11.4. The number of benzene rings is 2. The van der Waals surface area contributed by atoms with Crippen LogP contribution in [-0.4, -0.2) is 28.4 Å². The van der Waals surface area contributed by atoms with Crippen molar-refractivity contribution < 1.29 is 14.3 Å². The summed E-state index contributed by atoms with van der Waals surface area (Å²) in [6.07, 6.45) is 0. The summed E-state index contributed by atoms with van der Waals surface area (Å²) in [6.45, 7) is 0.383. The summed E-state index contributed by atoms with van der Waals surface area (Å²) in [6, 6.07) is 13.1. The van der Waals surface area contributed by atoms with Crippen LogP contribution in [0.1, 0.15) is 16.1 Å². The van der Waals surface area contributed by atoms with E-state index in [1.165, 1.54) is 0 Å². The smallest absolute Gasteiger partial charge is 0.271 e. The van der Waals surface area contributed by atoms with E-state index in [4.69, 9.17) is 15.2 Å². The van der Waals surface area contributed by atoms with Gasteiger partial charge in [-0.25, -0.2) is 0 Å². The molecule has 0 radical (unpaired) electrons. The minimum absolute atomic E-state index is 0.0731. The second-order valence-electron chi connectivity index (χ2n) is 5.13. The number of nitrogens with zero attached hydrogens (tertiary/aromatic N) is 2. The predicted octanol–water partition coefficient (Wildman–Crippen LogP) is 2.92. The van der Waals surface area contributed by atoms with Gasteiger partial charge >= 0.3 is 0 Å². The Morgan fingerprint density at radius 3 is 2.72 bits per heavy atom. The lowest BCUT2D eigenvalue weighted by atomic mass is 10.1. The molecule has 3 N–H and O–H groups in total. The molecule has 1 aromatic heterocycles. The minimum atomic E-state index is -0.656. The molecule has 0 aliphatic rings. The first kappa shape index (κ1) is 17.0. The maximum Gasteiger partial charge on any atom is 0.271 e. The fraction of sp³-hybridized carbons (Fsp3) is 0.118. The van der Waals surface area contributed by atoms with Gasteiger partial charge in [0.2, 0.25) is 0 Å². The minimum Gasteiger partial charge on any atom is -0.493 e. The molecular formula is C17H15BrN4O3. The van der Waals surface area contributed by atoms with Gasteiger partial charge in [0, 0.05) is 15.6 Å². The van der Waals surface area contributed by atoms with E-state index in [9.17, 15) is 4.79 Å². The number of amides is 1. The van der Waals surface area contributed by atoms with Crippen molar-refractivity contribution in [2.24, 2.45) is 5.73 Å². The lowest BCUT2D eigenvalue weighted by Gasteiger charge is -2.12. The number of aromatic nitrogens is 3. The number of primary amides is 1. The lowest BCUT2D eigenvalue weighted by molar-refractivity contribution is 0.0996. The van der Waals surface area contributed by atoms with Gasteiger partial charge in [-0.15, -0.1) is 0 Å². The Balaban J connectivity index is 1.86. The molecule has 0 bridgehead atoms. The van der Waals surface area contributed by atoms with Gasteiger partial charge in [0.05, 0.1) is 7.11 Å². The van der Waals surface area contributed by atoms with Gasteiger partial charge in [-0.2, -0.15) is 15.4 Å². The summed E-state index contributed by atoms with van der Waals surface area (Å²) in [4.78, 5) is 11.4. The number of nitrogens with two attached hydrogens (primary N) is 1. The van der Waals surface area contributed by atoms with Crippen LogP contribution in [0.2, 0.25) is 0 Å². The molecule has 128 valence electrons. The van der Waals surface area contributed by atoms with Crippen LogP contribution in [0.3, 0.4) is 0 Å². The van der Waals surface area contributed by atoms with Crippen LogP contribution >= 0.6 is 15.9 Å². The number of nitrogens with one attached hydrogen (secondary N) is 1. The Hall–Kier alpha value is -2.87. The highest BCUT2D eigenvalue weighted by Gasteiger charge is 2.17. The van der Waals surface area contributed by atoms with Gasteiger partial charge in [0.25, 0.3) is 5.91 Å². The molecule has 0 saturated heterocycles. The molecule has 8 heteroatoms. The molecule has 0 atom stereocenters. The van der Waals surface area contributed by atoms with E-state index in [1.54, 1.807) is 25.3 Å². The monoisotopic (exact) mass is 402 g/mol. The lowest BCUT2D eigenvalue weighted by Crippen LogP contribution is -2.12. The fourth-order valence-electron chi connectivity index (χ4n) is 2.31. The number of carbonyl (C=O) groups excluding carboxylic acids is 1. The Morgan fingerprint density at radius 2 is 2.00 bits per heavy atom. The first-order chi connectivity index (χ1) is 12.1. The highest BCUT2D eigenvalue weighted by atomic mass is 79.9. The van der Waals surface area contributed by atoms with Crippen LogP contribution in [0.15, 0.2) is 46.9 Å². The van der Waals surface area contributed by atoms with E-state index < -0.39 is 5.91 Å². The molecule has 25 heavy (non-hydrogen) atoms. The number of hydrogen-bond acceptors (Lipinski definition) is 5. The summed E-state index contributed by atoms with van der Waals surface area (Å²) in [7, 11) is 1.54. The molecule has 0 spiro atoms. The van der Waals surface area contributed by atoms with Gasteiger partial charge in [-0.05, 0) is 24.3 Å². The third kappa shape index (κ3) is 3.63. The van der Waals surface area contributed by atoms with Crippen molar-refractivity contribution in [1.29, 1.82) is 0 Å². The van der Waals surface area contributed by atoms with E-state index in [0.717, 1.165) is 10.0 Å². The van der Waals surface area contributed by atoms with Crippen LogP contribution in [0.25, 0.3) is 11.3 Å². The number of rotatable bonds is 6. The second kappa shape index (κ2) is 7.35. The topological polar surface area (TPSA) is 103 Å². The molecule has 3 rings (SSSR count). The van der Waals surface area contributed by atoms with Gasteiger partial charge in [-0.1, -0.05) is 34.1 Å². The second-order valence-corrected chi connectivity index (χ2v) is 5.99. The average molecular weight is 403 g/mol. The van der Waals surface area contributed by atoms with Gasteiger partial charge in [0.15, 0.2) is 17.2 Å². The van der Waals surface area contributed by atoms with E-state index in [-0.39, 0.29) is 5.69 Å². The van der Waals surface area contributed by atoms with Crippen LogP contribution < -0.4 is 15.2 Å². The number of ether oxygens (including phenoxy) is 2. The number of hydrogen-bond donors (Lipinski definition) is 2. The summed E-state index contributed by atoms with van der Waals surface area (Å²) >= 11 is 3.49. The highest BCUT2D eigenvalue weighted by molar-refractivity contribution is 9.10. The summed E-state index contributed by atoms with van der Waals surface area (Å²) < 4.78 is 12.2. The number of halogens is 1. The number of H-pyrrole nitrogens is 1. The molecule has 2 aromatic carbocycles. The van der Waals surface area contributed by atoms with Gasteiger partial charge in [0.1, 0.15) is 12.3 Å². The van der Waals surface area contributed by atoms with E-state index >= 15 is 0 Å². The molecule has 3 aromatic rings. The van der Waals surface area contributed by atoms with E-state index in [0.29, 0.717) is 29.4 Å². The van der Waals surface area contributed by atoms with Crippen molar-refractivity contribution in [3.63, 3.8) is 0 Å².